The Morgan fingerprint density at radius 2 is 2.16 bits per heavy atom. The number of hydrogen-bond acceptors (Lipinski definition) is 3. The van der Waals surface area contributed by atoms with Crippen LogP contribution in [0.3, 0.4) is 0 Å². The number of pyridine rings is 1. The lowest BCUT2D eigenvalue weighted by Gasteiger charge is -2.32. The highest BCUT2D eigenvalue weighted by Gasteiger charge is 2.32. The fraction of sp³-hybridized carbons (Fsp3) is 0.526. The summed E-state index contributed by atoms with van der Waals surface area (Å²) in [7, 11) is 0. The van der Waals surface area contributed by atoms with Crippen molar-refractivity contribution >= 4 is 22.8 Å². The minimum absolute atomic E-state index is 0.0254. The number of piperidine rings is 1. The molecule has 3 unspecified atom stereocenters. The predicted molar refractivity (Wildman–Crippen MR) is 97.3 cm³/mol. The molecule has 0 saturated carbocycles. The second-order valence-corrected chi connectivity index (χ2v) is 7.35. The number of rotatable bonds is 4. The van der Waals surface area contributed by atoms with E-state index in [1.165, 1.54) is 0 Å². The quantitative estimate of drug-likeness (QED) is 0.896. The SMILES string of the molecule is CC1CC(C)C(CNC(=O)c2ccnc3c2ccn3C(C)C)C(=O)N1. The van der Waals surface area contributed by atoms with Crippen LogP contribution in [0.5, 0.6) is 0 Å². The molecule has 134 valence electrons. The Labute approximate surface area is 148 Å². The number of amides is 2. The van der Waals surface area contributed by atoms with Gasteiger partial charge in [0.05, 0.1) is 11.5 Å². The van der Waals surface area contributed by atoms with Crippen LogP contribution in [0.2, 0.25) is 0 Å². The lowest BCUT2D eigenvalue weighted by molar-refractivity contribution is -0.129. The van der Waals surface area contributed by atoms with Crippen molar-refractivity contribution in [3.8, 4) is 0 Å². The Bertz CT molecular complexity index is 796. The third-order valence-electron chi connectivity index (χ3n) is 5.04. The minimum Gasteiger partial charge on any atom is -0.353 e. The maximum absolute atomic E-state index is 12.7. The first-order chi connectivity index (χ1) is 11.9. The van der Waals surface area contributed by atoms with E-state index in [2.05, 4.69) is 36.4 Å². The van der Waals surface area contributed by atoms with Crippen LogP contribution in [0.25, 0.3) is 11.0 Å². The molecule has 3 rings (SSSR count). The standard InChI is InChI=1S/C19H26N4O2/c1-11(2)23-8-6-14-15(5-7-20-17(14)23)18(24)21-10-16-12(3)9-13(4)22-19(16)25/h5-8,11-13,16H,9-10H2,1-4H3,(H,21,24)(H,22,25). The van der Waals surface area contributed by atoms with E-state index in [9.17, 15) is 9.59 Å². The second-order valence-electron chi connectivity index (χ2n) is 7.35. The minimum atomic E-state index is -0.183. The van der Waals surface area contributed by atoms with Crippen molar-refractivity contribution in [1.82, 2.24) is 20.2 Å². The first-order valence-electron chi connectivity index (χ1n) is 8.92. The highest BCUT2D eigenvalue weighted by Crippen LogP contribution is 2.23. The summed E-state index contributed by atoms with van der Waals surface area (Å²) in [4.78, 5) is 29.3. The molecule has 1 aliphatic rings. The van der Waals surface area contributed by atoms with Gasteiger partial charge in [-0.05, 0) is 45.2 Å². The van der Waals surface area contributed by atoms with E-state index in [4.69, 9.17) is 0 Å². The fourth-order valence-electron chi connectivity index (χ4n) is 3.65. The first kappa shape index (κ1) is 17.5. The normalized spacial score (nSPS) is 23.7. The van der Waals surface area contributed by atoms with Crippen molar-refractivity contribution in [2.24, 2.45) is 11.8 Å². The fourth-order valence-corrected chi connectivity index (χ4v) is 3.65. The molecule has 3 atom stereocenters. The molecule has 2 aromatic heterocycles. The van der Waals surface area contributed by atoms with E-state index >= 15 is 0 Å². The van der Waals surface area contributed by atoms with Gasteiger partial charge >= 0.3 is 0 Å². The zero-order valence-electron chi connectivity index (χ0n) is 15.2. The molecule has 0 bridgehead atoms. The van der Waals surface area contributed by atoms with Gasteiger partial charge in [0.25, 0.3) is 5.91 Å². The van der Waals surface area contributed by atoms with Crippen LogP contribution in [-0.2, 0) is 4.79 Å². The van der Waals surface area contributed by atoms with Crippen LogP contribution >= 0.6 is 0 Å². The van der Waals surface area contributed by atoms with E-state index in [-0.39, 0.29) is 35.7 Å². The van der Waals surface area contributed by atoms with Crippen LogP contribution in [-0.4, -0.2) is 34.0 Å². The molecule has 1 aliphatic heterocycles. The second kappa shape index (κ2) is 6.86. The zero-order valence-corrected chi connectivity index (χ0v) is 15.2. The molecule has 25 heavy (non-hydrogen) atoms. The van der Waals surface area contributed by atoms with Gasteiger partial charge in [-0.15, -0.1) is 0 Å². The molecular formula is C19H26N4O2. The Hall–Kier alpha value is -2.37. The van der Waals surface area contributed by atoms with Crippen molar-refractivity contribution in [1.29, 1.82) is 0 Å². The molecule has 3 heterocycles. The number of carbonyl (C=O) groups is 2. The number of fused-ring (bicyclic) bond motifs is 1. The van der Waals surface area contributed by atoms with Gasteiger partial charge in [-0.1, -0.05) is 6.92 Å². The summed E-state index contributed by atoms with van der Waals surface area (Å²) in [6, 6.07) is 4.13. The molecule has 6 nitrogen and oxygen atoms in total. The van der Waals surface area contributed by atoms with Gasteiger partial charge in [-0.2, -0.15) is 0 Å². The van der Waals surface area contributed by atoms with Crippen LogP contribution < -0.4 is 10.6 Å². The Morgan fingerprint density at radius 1 is 1.40 bits per heavy atom. The van der Waals surface area contributed by atoms with Gasteiger partial charge in [-0.25, -0.2) is 4.98 Å². The van der Waals surface area contributed by atoms with Crippen LogP contribution in [0.1, 0.15) is 50.5 Å². The molecule has 0 radical (unpaired) electrons. The number of nitrogens with zero attached hydrogens (tertiary/aromatic N) is 2. The van der Waals surface area contributed by atoms with Crippen molar-refractivity contribution in [2.45, 2.75) is 46.2 Å². The van der Waals surface area contributed by atoms with Crippen molar-refractivity contribution in [3.05, 3.63) is 30.1 Å². The van der Waals surface area contributed by atoms with Gasteiger partial charge in [0.15, 0.2) is 0 Å². The molecular weight excluding hydrogens is 316 g/mol. The number of hydrogen-bond donors (Lipinski definition) is 2. The summed E-state index contributed by atoms with van der Waals surface area (Å²) in [5.41, 5.74) is 1.40. The van der Waals surface area contributed by atoms with E-state index < -0.39 is 0 Å². The summed E-state index contributed by atoms with van der Waals surface area (Å²) in [6.45, 7) is 8.60. The maximum atomic E-state index is 12.7. The molecule has 2 aromatic rings. The summed E-state index contributed by atoms with van der Waals surface area (Å²) in [5, 5.41) is 6.74. The zero-order chi connectivity index (χ0) is 18.1. The maximum Gasteiger partial charge on any atom is 0.252 e. The van der Waals surface area contributed by atoms with Gasteiger partial charge in [0.2, 0.25) is 5.91 Å². The smallest absolute Gasteiger partial charge is 0.252 e. The Balaban J connectivity index is 1.76. The summed E-state index contributed by atoms with van der Waals surface area (Å²) in [5.74, 6) is -0.0637. The molecule has 0 spiro atoms. The van der Waals surface area contributed by atoms with Crippen LogP contribution in [0.15, 0.2) is 24.5 Å². The summed E-state index contributed by atoms with van der Waals surface area (Å²) in [6.07, 6.45) is 4.55. The number of aromatic nitrogens is 2. The van der Waals surface area contributed by atoms with Gasteiger partial charge in [0, 0.05) is 36.4 Å². The molecule has 2 amide bonds. The number of nitrogens with one attached hydrogen (secondary N) is 2. The average molecular weight is 342 g/mol. The van der Waals surface area contributed by atoms with E-state index in [0.29, 0.717) is 12.1 Å². The highest BCUT2D eigenvalue weighted by molar-refractivity contribution is 6.05. The van der Waals surface area contributed by atoms with Crippen LogP contribution in [0, 0.1) is 11.8 Å². The van der Waals surface area contributed by atoms with Gasteiger partial charge < -0.3 is 15.2 Å². The first-order valence-corrected chi connectivity index (χ1v) is 8.92. The van der Waals surface area contributed by atoms with Crippen molar-refractivity contribution < 1.29 is 9.59 Å². The third-order valence-corrected chi connectivity index (χ3v) is 5.04. The predicted octanol–water partition coefficient (Wildman–Crippen LogP) is 2.51. The molecule has 6 heteroatoms. The molecule has 1 saturated heterocycles. The van der Waals surface area contributed by atoms with Crippen LogP contribution in [0.4, 0.5) is 0 Å². The highest BCUT2D eigenvalue weighted by atomic mass is 16.2. The van der Waals surface area contributed by atoms with Crippen molar-refractivity contribution in [3.63, 3.8) is 0 Å². The largest absolute Gasteiger partial charge is 0.353 e. The summed E-state index contributed by atoms with van der Waals surface area (Å²) < 4.78 is 2.05. The monoisotopic (exact) mass is 342 g/mol. The Morgan fingerprint density at radius 3 is 2.84 bits per heavy atom. The Kier molecular flexibility index (Phi) is 4.79. The number of carbonyl (C=O) groups excluding carboxylic acids is 2. The lowest BCUT2D eigenvalue weighted by atomic mass is 9.84. The van der Waals surface area contributed by atoms with E-state index in [1.54, 1.807) is 12.3 Å². The average Bonchev–Trinajstić information content (AvgIpc) is 2.97. The van der Waals surface area contributed by atoms with E-state index in [1.807, 2.05) is 23.8 Å². The van der Waals surface area contributed by atoms with Crippen molar-refractivity contribution in [2.75, 3.05) is 6.54 Å². The van der Waals surface area contributed by atoms with E-state index in [0.717, 1.165) is 17.5 Å². The molecule has 2 N–H and O–H groups in total. The molecule has 1 fully saturated rings. The topological polar surface area (TPSA) is 76.0 Å². The lowest BCUT2D eigenvalue weighted by Crippen LogP contribution is -2.50. The van der Waals surface area contributed by atoms with Gasteiger partial charge in [0.1, 0.15) is 5.65 Å². The van der Waals surface area contributed by atoms with Gasteiger partial charge in [-0.3, -0.25) is 9.59 Å². The molecule has 0 aliphatic carbocycles. The third kappa shape index (κ3) is 3.38. The molecule has 0 aromatic carbocycles. The summed E-state index contributed by atoms with van der Waals surface area (Å²) >= 11 is 0.